The molecule has 2 rings (SSSR count). The molecule has 2 N–H and O–H groups in total. The number of pyridine rings is 1. The Balaban J connectivity index is 2.09. The highest BCUT2D eigenvalue weighted by atomic mass is 35.5. The molecule has 2 aromatic rings. The van der Waals surface area contributed by atoms with Crippen LogP contribution >= 0.6 is 23.2 Å². The van der Waals surface area contributed by atoms with E-state index in [4.69, 9.17) is 23.2 Å². The highest BCUT2D eigenvalue weighted by Crippen LogP contribution is 2.29. The molecule has 0 aliphatic heterocycles. The summed E-state index contributed by atoms with van der Waals surface area (Å²) in [5.41, 5.74) is 2.51. The molecule has 0 saturated heterocycles. The first kappa shape index (κ1) is 14.9. The van der Waals surface area contributed by atoms with Crippen molar-refractivity contribution in [2.24, 2.45) is 0 Å². The lowest BCUT2D eigenvalue weighted by atomic mass is 10.1. The van der Waals surface area contributed by atoms with Crippen molar-refractivity contribution in [1.29, 1.82) is 0 Å². The Morgan fingerprint density at radius 3 is 2.20 bits per heavy atom. The lowest BCUT2D eigenvalue weighted by Gasteiger charge is -2.11. The molecule has 0 fully saturated rings. The summed E-state index contributed by atoms with van der Waals surface area (Å²) in [5, 5.41) is 7.18. The lowest BCUT2D eigenvalue weighted by Crippen LogP contribution is -2.04. The minimum Gasteiger partial charge on any atom is -0.372 e. The molecule has 1 aromatic heterocycles. The predicted molar refractivity (Wildman–Crippen MR) is 87.0 cm³/mol. The first-order valence-electron chi connectivity index (χ1n) is 6.49. The van der Waals surface area contributed by atoms with Gasteiger partial charge in [-0.15, -0.1) is 0 Å². The summed E-state index contributed by atoms with van der Waals surface area (Å²) in [7, 11) is 1.77. The zero-order chi connectivity index (χ0) is 14.5. The summed E-state index contributed by atoms with van der Waals surface area (Å²) in [6.07, 6.45) is 1.05. The van der Waals surface area contributed by atoms with Crippen LogP contribution in [0.3, 0.4) is 0 Å². The van der Waals surface area contributed by atoms with Crippen LogP contribution in [0.25, 0.3) is 0 Å². The standard InChI is InChI=1S/C15H17Cl2N3/c1-3-10-4-6-11(7-5-10)9-19-15-13(17)8-12(16)14(18-2)20-15/h4-8H,3,9H2,1-2H3,(H2,18,19,20). The topological polar surface area (TPSA) is 37.0 Å². The number of rotatable bonds is 5. The predicted octanol–water partition coefficient (Wildman–Crippen LogP) is 4.60. The van der Waals surface area contributed by atoms with E-state index in [1.807, 2.05) is 0 Å². The van der Waals surface area contributed by atoms with Crippen LogP contribution in [0.2, 0.25) is 10.0 Å². The van der Waals surface area contributed by atoms with Gasteiger partial charge in [0.05, 0.1) is 10.0 Å². The quantitative estimate of drug-likeness (QED) is 0.847. The van der Waals surface area contributed by atoms with E-state index in [1.54, 1.807) is 13.1 Å². The summed E-state index contributed by atoms with van der Waals surface area (Å²) >= 11 is 12.2. The molecule has 0 atom stereocenters. The van der Waals surface area contributed by atoms with Gasteiger partial charge in [-0.25, -0.2) is 4.98 Å². The maximum absolute atomic E-state index is 6.14. The lowest BCUT2D eigenvalue weighted by molar-refractivity contribution is 1.09. The molecule has 0 aliphatic rings. The fraction of sp³-hybridized carbons (Fsp3) is 0.267. The summed E-state index contributed by atoms with van der Waals surface area (Å²) in [5.74, 6) is 1.24. The summed E-state index contributed by atoms with van der Waals surface area (Å²) in [6, 6.07) is 10.2. The second-order valence-corrected chi connectivity index (χ2v) is 5.24. The molecule has 0 saturated carbocycles. The van der Waals surface area contributed by atoms with E-state index < -0.39 is 0 Å². The van der Waals surface area contributed by atoms with E-state index >= 15 is 0 Å². The Bertz CT molecular complexity index is 582. The Labute approximate surface area is 129 Å². The van der Waals surface area contributed by atoms with Crippen LogP contribution in [-0.4, -0.2) is 12.0 Å². The van der Waals surface area contributed by atoms with Gasteiger partial charge in [0.25, 0.3) is 0 Å². The number of aryl methyl sites for hydroxylation is 1. The van der Waals surface area contributed by atoms with Crippen molar-refractivity contribution in [2.75, 3.05) is 17.7 Å². The number of halogens is 2. The average Bonchev–Trinajstić information content (AvgIpc) is 2.47. The summed E-state index contributed by atoms with van der Waals surface area (Å²) < 4.78 is 0. The smallest absolute Gasteiger partial charge is 0.147 e. The van der Waals surface area contributed by atoms with Gasteiger partial charge in [0.1, 0.15) is 11.6 Å². The molecule has 0 bridgehead atoms. The van der Waals surface area contributed by atoms with Crippen LogP contribution in [-0.2, 0) is 13.0 Å². The van der Waals surface area contributed by atoms with Gasteiger partial charge in [-0.1, -0.05) is 54.4 Å². The largest absolute Gasteiger partial charge is 0.372 e. The second-order valence-electron chi connectivity index (χ2n) is 4.42. The van der Waals surface area contributed by atoms with Crippen LogP contribution in [0.4, 0.5) is 11.6 Å². The van der Waals surface area contributed by atoms with E-state index in [1.165, 1.54) is 11.1 Å². The van der Waals surface area contributed by atoms with Gasteiger partial charge in [-0.3, -0.25) is 0 Å². The van der Waals surface area contributed by atoms with Crippen molar-refractivity contribution in [3.8, 4) is 0 Å². The van der Waals surface area contributed by atoms with Crippen molar-refractivity contribution in [2.45, 2.75) is 19.9 Å². The monoisotopic (exact) mass is 309 g/mol. The molecule has 0 radical (unpaired) electrons. The van der Waals surface area contributed by atoms with Crippen LogP contribution in [0.1, 0.15) is 18.1 Å². The number of nitrogens with zero attached hydrogens (tertiary/aromatic N) is 1. The molecule has 5 heteroatoms. The van der Waals surface area contributed by atoms with E-state index in [9.17, 15) is 0 Å². The van der Waals surface area contributed by atoms with E-state index in [0.717, 1.165) is 6.42 Å². The molecule has 0 amide bonds. The molecule has 1 heterocycles. The normalized spacial score (nSPS) is 10.4. The van der Waals surface area contributed by atoms with Crippen molar-refractivity contribution >= 4 is 34.8 Å². The maximum Gasteiger partial charge on any atom is 0.147 e. The van der Waals surface area contributed by atoms with Crippen LogP contribution in [0.15, 0.2) is 30.3 Å². The second kappa shape index (κ2) is 6.82. The molecule has 1 aromatic carbocycles. The summed E-state index contributed by atoms with van der Waals surface area (Å²) in [4.78, 5) is 4.35. The third-order valence-corrected chi connectivity index (χ3v) is 3.63. The Morgan fingerprint density at radius 2 is 1.60 bits per heavy atom. The van der Waals surface area contributed by atoms with Crippen LogP contribution < -0.4 is 10.6 Å². The molecule has 0 unspecified atom stereocenters. The van der Waals surface area contributed by atoms with Gasteiger partial charge in [0.2, 0.25) is 0 Å². The van der Waals surface area contributed by atoms with Crippen molar-refractivity contribution in [3.63, 3.8) is 0 Å². The molecule has 20 heavy (non-hydrogen) atoms. The molecular weight excluding hydrogens is 293 g/mol. The Morgan fingerprint density at radius 1 is 1.00 bits per heavy atom. The van der Waals surface area contributed by atoms with Crippen molar-refractivity contribution in [3.05, 3.63) is 51.5 Å². The fourth-order valence-electron chi connectivity index (χ4n) is 1.84. The van der Waals surface area contributed by atoms with Gasteiger partial charge in [-0.05, 0) is 23.6 Å². The van der Waals surface area contributed by atoms with Gasteiger partial charge < -0.3 is 10.6 Å². The third-order valence-electron chi connectivity index (χ3n) is 3.06. The SMILES string of the molecule is CCc1ccc(CNc2nc(NC)c(Cl)cc2Cl)cc1. The molecule has 0 aliphatic carbocycles. The first-order chi connectivity index (χ1) is 9.63. The van der Waals surface area contributed by atoms with Gasteiger partial charge >= 0.3 is 0 Å². The summed E-state index contributed by atoms with van der Waals surface area (Å²) in [6.45, 7) is 2.81. The van der Waals surface area contributed by atoms with Crippen LogP contribution in [0.5, 0.6) is 0 Å². The number of benzene rings is 1. The van der Waals surface area contributed by atoms with Gasteiger partial charge in [-0.2, -0.15) is 0 Å². The van der Waals surface area contributed by atoms with Crippen molar-refractivity contribution < 1.29 is 0 Å². The minimum absolute atomic E-state index is 0.510. The number of hydrogen-bond acceptors (Lipinski definition) is 3. The maximum atomic E-state index is 6.14. The highest BCUT2D eigenvalue weighted by Gasteiger charge is 2.08. The zero-order valence-electron chi connectivity index (χ0n) is 11.5. The van der Waals surface area contributed by atoms with Crippen molar-refractivity contribution in [1.82, 2.24) is 4.98 Å². The first-order valence-corrected chi connectivity index (χ1v) is 7.25. The number of aromatic nitrogens is 1. The molecular formula is C15H17Cl2N3. The van der Waals surface area contributed by atoms with Gasteiger partial charge in [0, 0.05) is 13.6 Å². The van der Waals surface area contributed by atoms with E-state index in [-0.39, 0.29) is 0 Å². The van der Waals surface area contributed by atoms with Crippen LogP contribution in [0, 0.1) is 0 Å². The highest BCUT2D eigenvalue weighted by molar-refractivity contribution is 6.37. The fourth-order valence-corrected chi connectivity index (χ4v) is 2.36. The third kappa shape index (κ3) is 3.56. The molecule has 106 valence electrons. The van der Waals surface area contributed by atoms with E-state index in [0.29, 0.717) is 28.2 Å². The minimum atomic E-state index is 0.510. The van der Waals surface area contributed by atoms with E-state index in [2.05, 4.69) is 46.8 Å². The zero-order valence-corrected chi connectivity index (χ0v) is 13.0. The Kier molecular flexibility index (Phi) is 5.10. The molecule has 0 spiro atoms. The number of nitrogens with one attached hydrogen (secondary N) is 2. The Hall–Kier alpha value is -1.45. The average molecular weight is 310 g/mol. The number of hydrogen-bond donors (Lipinski definition) is 2. The van der Waals surface area contributed by atoms with Gasteiger partial charge in [0.15, 0.2) is 0 Å². The number of anilines is 2. The molecule has 3 nitrogen and oxygen atoms in total.